The summed E-state index contributed by atoms with van der Waals surface area (Å²) >= 11 is 4.69. The second kappa shape index (κ2) is 4.70. The topological polar surface area (TPSA) is 26.5 Å². The van der Waals surface area contributed by atoms with Gasteiger partial charge in [-0.1, -0.05) is 0 Å². The lowest BCUT2D eigenvalue weighted by molar-refractivity contribution is 0.301. The molecule has 0 atom stereocenters. The minimum Gasteiger partial charge on any atom is -0.487 e. The summed E-state index contributed by atoms with van der Waals surface area (Å²) in [5.41, 5.74) is 0.849. The molecule has 92 valence electrons. The molecule has 2 heterocycles. The highest BCUT2D eigenvalue weighted by Gasteiger charge is 2.05. The molecule has 0 bridgehead atoms. The summed E-state index contributed by atoms with van der Waals surface area (Å²) < 4.78 is 20.9. The number of imidazole rings is 1. The molecule has 0 fully saturated rings. The summed E-state index contributed by atoms with van der Waals surface area (Å²) in [6, 6.07) is 4.57. The van der Waals surface area contributed by atoms with Crippen LogP contribution in [-0.4, -0.2) is 9.38 Å². The fourth-order valence-corrected chi connectivity index (χ4v) is 2.65. The molecule has 18 heavy (non-hydrogen) atoms. The number of ether oxygens (including phenoxy) is 1. The van der Waals surface area contributed by atoms with Gasteiger partial charge in [0.15, 0.2) is 4.96 Å². The van der Waals surface area contributed by atoms with E-state index in [1.54, 1.807) is 23.5 Å². The average molecular weight is 327 g/mol. The number of nitrogens with zero attached hydrogens (tertiary/aromatic N) is 2. The van der Waals surface area contributed by atoms with Crippen molar-refractivity contribution in [2.75, 3.05) is 0 Å². The quantitative estimate of drug-likeness (QED) is 0.730. The monoisotopic (exact) mass is 326 g/mol. The van der Waals surface area contributed by atoms with E-state index in [1.165, 1.54) is 6.07 Å². The summed E-state index contributed by atoms with van der Waals surface area (Å²) in [6.07, 6.45) is 3.87. The maximum atomic E-state index is 13.0. The molecule has 0 aliphatic rings. The molecule has 3 aromatic rings. The second-order valence-corrected chi connectivity index (χ2v) is 5.42. The summed E-state index contributed by atoms with van der Waals surface area (Å²) in [5.74, 6) is 0.310. The SMILES string of the molecule is Fc1ccc(OCc2cn3ccsc3n2)cc1Br. The second-order valence-electron chi connectivity index (χ2n) is 3.69. The van der Waals surface area contributed by atoms with Crippen LogP contribution in [0.25, 0.3) is 4.96 Å². The Morgan fingerprint density at radius 3 is 3.11 bits per heavy atom. The lowest BCUT2D eigenvalue weighted by Crippen LogP contribution is -1.95. The number of benzene rings is 1. The summed E-state index contributed by atoms with van der Waals surface area (Å²) in [6.45, 7) is 0.368. The van der Waals surface area contributed by atoms with Crippen LogP contribution in [0.15, 0.2) is 40.4 Å². The molecular formula is C12H8BrFN2OS. The molecule has 6 heteroatoms. The van der Waals surface area contributed by atoms with Gasteiger partial charge < -0.3 is 4.74 Å². The Balaban J connectivity index is 1.73. The van der Waals surface area contributed by atoms with Gasteiger partial charge in [-0.15, -0.1) is 11.3 Å². The zero-order valence-corrected chi connectivity index (χ0v) is 11.5. The van der Waals surface area contributed by atoms with Crippen molar-refractivity contribution in [2.24, 2.45) is 0 Å². The summed E-state index contributed by atoms with van der Waals surface area (Å²) in [7, 11) is 0. The zero-order chi connectivity index (χ0) is 12.5. The normalized spacial score (nSPS) is 11.0. The van der Waals surface area contributed by atoms with Crippen molar-refractivity contribution in [2.45, 2.75) is 6.61 Å². The summed E-state index contributed by atoms with van der Waals surface area (Å²) in [4.78, 5) is 5.34. The average Bonchev–Trinajstić information content (AvgIpc) is 2.91. The molecule has 2 aromatic heterocycles. The van der Waals surface area contributed by atoms with Crippen LogP contribution < -0.4 is 4.74 Å². The van der Waals surface area contributed by atoms with E-state index in [2.05, 4.69) is 20.9 Å². The number of rotatable bonds is 3. The Hall–Kier alpha value is -1.40. The van der Waals surface area contributed by atoms with E-state index in [1.807, 2.05) is 22.2 Å². The number of thiazole rings is 1. The molecule has 0 radical (unpaired) electrons. The molecule has 0 aliphatic heterocycles. The molecule has 0 spiro atoms. The van der Waals surface area contributed by atoms with Crippen molar-refractivity contribution < 1.29 is 9.13 Å². The first-order valence-electron chi connectivity index (χ1n) is 5.21. The number of hydrogen-bond donors (Lipinski definition) is 0. The fraction of sp³-hybridized carbons (Fsp3) is 0.0833. The standard InChI is InChI=1S/C12H8BrFN2OS/c13-10-5-9(1-2-11(10)14)17-7-8-6-16-3-4-18-12(16)15-8/h1-6H,7H2. The Bertz CT molecular complexity index is 666. The van der Waals surface area contributed by atoms with Gasteiger partial charge in [0.1, 0.15) is 18.2 Å². The Morgan fingerprint density at radius 2 is 2.33 bits per heavy atom. The highest BCUT2D eigenvalue weighted by atomic mass is 79.9. The van der Waals surface area contributed by atoms with Gasteiger partial charge in [0.2, 0.25) is 0 Å². The minimum atomic E-state index is -0.301. The first kappa shape index (κ1) is 11.7. The van der Waals surface area contributed by atoms with Crippen molar-refractivity contribution in [1.82, 2.24) is 9.38 Å². The largest absolute Gasteiger partial charge is 0.487 e. The van der Waals surface area contributed by atoms with Gasteiger partial charge in [-0.2, -0.15) is 0 Å². The first-order valence-corrected chi connectivity index (χ1v) is 6.88. The van der Waals surface area contributed by atoms with E-state index in [9.17, 15) is 4.39 Å². The predicted octanol–water partition coefficient (Wildman–Crippen LogP) is 3.88. The smallest absolute Gasteiger partial charge is 0.193 e. The van der Waals surface area contributed by atoms with Gasteiger partial charge in [0, 0.05) is 17.8 Å². The Kier molecular flexibility index (Phi) is 3.05. The third kappa shape index (κ3) is 2.26. The predicted molar refractivity (Wildman–Crippen MR) is 71.5 cm³/mol. The molecule has 3 nitrogen and oxygen atoms in total. The molecule has 3 rings (SSSR count). The van der Waals surface area contributed by atoms with Crippen LogP contribution in [0.2, 0.25) is 0 Å². The highest BCUT2D eigenvalue weighted by molar-refractivity contribution is 9.10. The molecule has 0 amide bonds. The highest BCUT2D eigenvalue weighted by Crippen LogP contribution is 2.22. The molecule has 0 saturated heterocycles. The van der Waals surface area contributed by atoms with Crippen LogP contribution in [0.5, 0.6) is 5.75 Å². The lowest BCUT2D eigenvalue weighted by Gasteiger charge is -2.04. The first-order chi connectivity index (χ1) is 8.72. The number of aromatic nitrogens is 2. The summed E-state index contributed by atoms with van der Waals surface area (Å²) in [5, 5.41) is 1.98. The van der Waals surface area contributed by atoms with Gasteiger partial charge in [0.25, 0.3) is 0 Å². The van der Waals surface area contributed by atoms with Gasteiger partial charge in [-0.05, 0) is 34.1 Å². The van der Waals surface area contributed by atoms with E-state index in [4.69, 9.17) is 4.74 Å². The maximum Gasteiger partial charge on any atom is 0.193 e. The van der Waals surface area contributed by atoms with Crippen LogP contribution in [-0.2, 0) is 6.61 Å². The van der Waals surface area contributed by atoms with Gasteiger partial charge in [0.05, 0.1) is 10.2 Å². The zero-order valence-electron chi connectivity index (χ0n) is 9.14. The third-order valence-corrected chi connectivity index (χ3v) is 3.80. The molecule has 1 aromatic carbocycles. The van der Waals surface area contributed by atoms with Crippen LogP contribution >= 0.6 is 27.3 Å². The van der Waals surface area contributed by atoms with E-state index < -0.39 is 0 Å². The van der Waals surface area contributed by atoms with Gasteiger partial charge >= 0.3 is 0 Å². The van der Waals surface area contributed by atoms with Crippen molar-refractivity contribution in [3.8, 4) is 5.75 Å². The van der Waals surface area contributed by atoms with Gasteiger partial charge in [-0.3, -0.25) is 4.40 Å². The number of hydrogen-bond acceptors (Lipinski definition) is 3. The van der Waals surface area contributed by atoms with Gasteiger partial charge in [-0.25, -0.2) is 9.37 Å². The van der Waals surface area contributed by atoms with E-state index in [0.29, 0.717) is 16.8 Å². The molecule has 0 N–H and O–H groups in total. The molecule has 0 unspecified atom stereocenters. The third-order valence-electron chi connectivity index (χ3n) is 2.42. The Labute approximate surface area is 115 Å². The molecular weight excluding hydrogens is 319 g/mol. The minimum absolute atomic E-state index is 0.301. The number of halogens is 2. The van der Waals surface area contributed by atoms with Crippen molar-refractivity contribution in [3.63, 3.8) is 0 Å². The van der Waals surface area contributed by atoms with Crippen LogP contribution in [0, 0.1) is 5.82 Å². The van der Waals surface area contributed by atoms with E-state index >= 15 is 0 Å². The molecule has 0 aliphatic carbocycles. The Morgan fingerprint density at radius 1 is 1.44 bits per heavy atom. The van der Waals surface area contributed by atoms with Crippen molar-refractivity contribution in [1.29, 1.82) is 0 Å². The fourth-order valence-electron chi connectivity index (χ4n) is 1.57. The maximum absolute atomic E-state index is 13.0. The molecule has 0 saturated carbocycles. The van der Waals surface area contributed by atoms with Crippen LogP contribution in [0.4, 0.5) is 4.39 Å². The van der Waals surface area contributed by atoms with E-state index in [-0.39, 0.29) is 5.82 Å². The van der Waals surface area contributed by atoms with Crippen molar-refractivity contribution >= 4 is 32.2 Å². The number of fused-ring (bicyclic) bond motifs is 1. The van der Waals surface area contributed by atoms with E-state index in [0.717, 1.165) is 10.7 Å². The van der Waals surface area contributed by atoms with Crippen LogP contribution in [0.3, 0.4) is 0 Å². The van der Waals surface area contributed by atoms with Crippen molar-refractivity contribution in [3.05, 3.63) is 52.0 Å². The van der Waals surface area contributed by atoms with Crippen LogP contribution in [0.1, 0.15) is 5.69 Å². The lowest BCUT2D eigenvalue weighted by atomic mass is 10.3.